The highest BCUT2D eigenvalue weighted by molar-refractivity contribution is 7.92. The molecular formula is C21H23N3O4S. The number of carbonyl (C=O) groups is 2. The lowest BCUT2D eigenvalue weighted by Crippen LogP contribution is -2.34. The van der Waals surface area contributed by atoms with Crippen molar-refractivity contribution in [3.63, 3.8) is 0 Å². The van der Waals surface area contributed by atoms with E-state index in [1.165, 1.54) is 10.6 Å². The van der Waals surface area contributed by atoms with E-state index in [1.54, 1.807) is 35.2 Å². The van der Waals surface area contributed by atoms with Crippen molar-refractivity contribution < 1.29 is 18.0 Å². The van der Waals surface area contributed by atoms with Crippen molar-refractivity contribution in [3.8, 4) is 0 Å². The predicted molar refractivity (Wildman–Crippen MR) is 113 cm³/mol. The first-order valence-corrected chi connectivity index (χ1v) is 11.4. The van der Waals surface area contributed by atoms with Gasteiger partial charge < -0.3 is 10.2 Å². The summed E-state index contributed by atoms with van der Waals surface area (Å²) in [7, 11) is -3.36. The van der Waals surface area contributed by atoms with Gasteiger partial charge in [0.05, 0.1) is 11.9 Å². The molecule has 2 amide bonds. The maximum atomic E-state index is 12.7. The average Bonchev–Trinajstić information content (AvgIpc) is 3.23. The third-order valence-electron chi connectivity index (χ3n) is 5.36. The third kappa shape index (κ3) is 3.72. The fraction of sp³-hybridized carbons (Fsp3) is 0.333. The van der Waals surface area contributed by atoms with E-state index in [9.17, 15) is 18.0 Å². The highest BCUT2D eigenvalue weighted by atomic mass is 32.2. The number of hydrogen-bond donors (Lipinski definition) is 1. The number of hydrogen-bond acceptors (Lipinski definition) is 4. The Morgan fingerprint density at radius 3 is 2.48 bits per heavy atom. The molecule has 2 aliphatic rings. The van der Waals surface area contributed by atoms with E-state index >= 15 is 0 Å². The van der Waals surface area contributed by atoms with Crippen LogP contribution in [0.15, 0.2) is 42.5 Å². The Labute approximate surface area is 170 Å². The smallest absolute Gasteiger partial charge is 0.255 e. The van der Waals surface area contributed by atoms with Gasteiger partial charge in [-0.1, -0.05) is 0 Å². The number of nitrogens with zero attached hydrogens (tertiary/aromatic N) is 2. The van der Waals surface area contributed by atoms with Gasteiger partial charge in [-0.05, 0) is 67.8 Å². The number of sulfonamides is 1. The molecule has 1 saturated heterocycles. The molecule has 2 heterocycles. The Morgan fingerprint density at radius 1 is 1.14 bits per heavy atom. The van der Waals surface area contributed by atoms with Crippen LogP contribution >= 0.6 is 0 Å². The van der Waals surface area contributed by atoms with E-state index < -0.39 is 10.0 Å². The Kier molecular flexibility index (Phi) is 4.82. The number of anilines is 3. The Balaban J connectivity index is 1.50. The van der Waals surface area contributed by atoms with Crippen molar-refractivity contribution in [2.75, 3.05) is 27.3 Å². The second-order valence-corrected chi connectivity index (χ2v) is 9.46. The first-order chi connectivity index (χ1) is 13.7. The third-order valence-corrected chi connectivity index (χ3v) is 6.63. The highest BCUT2D eigenvalue weighted by Gasteiger charge is 2.32. The summed E-state index contributed by atoms with van der Waals surface area (Å²) in [6.07, 6.45) is 3.21. The lowest BCUT2D eigenvalue weighted by molar-refractivity contribution is -0.117. The molecule has 2 aromatic rings. The summed E-state index contributed by atoms with van der Waals surface area (Å²) in [5.41, 5.74) is 3.43. The largest absolute Gasteiger partial charge is 0.322 e. The van der Waals surface area contributed by atoms with Crippen LogP contribution in [0.4, 0.5) is 17.1 Å². The van der Waals surface area contributed by atoms with Crippen LogP contribution in [0.2, 0.25) is 0 Å². The van der Waals surface area contributed by atoms with Gasteiger partial charge in [0.1, 0.15) is 0 Å². The number of amides is 2. The summed E-state index contributed by atoms with van der Waals surface area (Å²) in [6, 6.07) is 12.1. The van der Waals surface area contributed by atoms with Crippen molar-refractivity contribution in [2.45, 2.75) is 32.2 Å². The number of carbonyl (C=O) groups excluding carboxylic acids is 2. The Morgan fingerprint density at radius 2 is 1.86 bits per heavy atom. The molecule has 4 rings (SSSR count). The van der Waals surface area contributed by atoms with Crippen LogP contribution in [0, 0.1) is 0 Å². The lowest BCUT2D eigenvalue weighted by Gasteiger charge is -2.21. The van der Waals surface area contributed by atoms with Crippen LogP contribution in [0.25, 0.3) is 0 Å². The van der Waals surface area contributed by atoms with Crippen LogP contribution < -0.4 is 14.5 Å². The highest BCUT2D eigenvalue weighted by Crippen LogP contribution is 2.35. The first-order valence-electron chi connectivity index (χ1n) is 9.58. The van der Waals surface area contributed by atoms with Crippen molar-refractivity contribution in [1.82, 2.24) is 0 Å². The summed E-state index contributed by atoms with van der Waals surface area (Å²) in [5, 5.41) is 2.86. The summed E-state index contributed by atoms with van der Waals surface area (Å²) in [5.74, 6) is -0.138. The topological polar surface area (TPSA) is 86.8 Å². The molecule has 8 heteroatoms. The fourth-order valence-corrected chi connectivity index (χ4v) is 5.36. The van der Waals surface area contributed by atoms with E-state index in [0.29, 0.717) is 29.8 Å². The molecule has 1 fully saturated rings. The zero-order valence-electron chi connectivity index (χ0n) is 16.4. The molecule has 1 atom stereocenters. The second kappa shape index (κ2) is 7.18. The van der Waals surface area contributed by atoms with Crippen LogP contribution in [0.5, 0.6) is 0 Å². The maximum absolute atomic E-state index is 12.7. The minimum Gasteiger partial charge on any atom is -0.322 e. The Bertz CT molecular complexity index is 1080. The van der Waals surface area contributed by atoms with Gasteiger partial charge in [0.2, 0.25) is 15.9 Å². The molecule has 0 aliphatic carbocycles. The normalized spacial score (nSPS) is 18.8. The monoisotopic (exact) mass is 413 g/mol. The molecule has 0 spiro atoms. The van der Waals surface area contributed by atoms with Gasteiger partial charge in [0.25, 0.3) is 5.91 Å². The molecule has 0 bridgehead atoms. The lowest BCUT2D eigenvalue weighted by atomic mass is 10.1. The van der Waals surface area contributed by atoms with E-state index in [1.807, 2.05) is 19.1 Å². The molecule has 0 aromatic heterocycles. The van der Waals surface area contributed by atoms with Gasteiger partial charge in [-0.2, -0.15) is 0 Å². The number of rotatable bonds is 4. The molecule has 29 heavy (non-hydrogen) atoms. The van der Waals surface area contributed by atoms with E-state index in [0.717, 1.165) is 24.2 Å². The molecule has 1 N–H and O–H groups in total. The quantitative estimate of drug-likeness (QED) is 0.835. The van der Waals surface area contributed by atoms with Crippen molar-refractivity contribution in [1.29, 1.82) is 0 Å². The van der Waals surface area contributed by atoms with Crippen LogP contribution in [0.3, 0.4) is 0 Å². The van der Waals surface area contributed by atoms with E-state index in [2.05, 4.69) is 5.32 Å². The van der Waals surface area contributed by atoms with Gasteiger partial charge in [0, 0.05) is 35.9 Å². The van der Waals surface area contributed by atoms with Crippen LogP contribution in [-0.2, 0) is 21.2 Å². The van der Waals surface area contributed by atoms with Gasteiger partial charge in [-0.15, -0.1) is 0 Å². The summed E-state index contributed by atoms with van der Waals surface area (Å²) in [6.45, 7) is 2.58. The molecule has 0 radical (unpaired) electrons. The number of nitrogens with one attached hydrogen (secondary N) is 1. The van der Waals surface area contributed by atoms with Crippen molar-refractivity contribution in [2.24, 2.45) is 0 Å². The van der Waals surface area contributed by atoms with Gasteiger partial charge in [0.15, 0.2) is 0 Å². The van der Waals surface area contributed by atoms with Crippen molar-refractivity contribution >= 4 is 38.9 Å². The molecule has 152 valence electrons. The summed E-state index contributed by atoms with van der Waals surface area (Å²) in [4.78, 5) is 26.2. The number of benzene rings is 2. The van der Waals surface area contributed by atoms with E-state index in [-0.39, 0.29) is 17.9 Å². The van der Waals surface area contributed by atoms with Crippen molar-refractivity contribution in [3.05, 3.63) is 53.6 Å². The molecule has 2 aromatic carbocycles. The van der Waals surface area contributed by atoms with Gasteiger partial charge in [-0.3, -0.25) is 13.9 Å². The van der Waals surface area contributed by atoms with Gasteiger partial charge >= 0.3 is 0 Å². The first kappa shape index (κ1) is 19.4. The van der Waals surface area contributed by atoms with Gasteiger partial charge in [-0.25, -0.2) is 8.42 Å². The standard InChI is InChI=1S/C21H23N3O4S/c1-14-12-16-13-15(5-10-19(16)24(14)29(2,27)28)21(26)22-17-6-8-18(9-7-17)23-11-3-4-20(23)25/h5-10,13-14H,3-4,11-12H2,1-2H3,(H,22,26)/t14-/m0/s1. The average molecular weight is 413 g/mol. The van der Waals surface area contributed by atoms with Crippen LogP contribution in [-0.4, -0.2) is 39.1 Å². The minimum absolute atomic E-state index is 0.122. The maximum Gasteiger partial charge on any atom is 0.255 e. The Hall–Kier alpha value is -2.87. The fourth-order valence-electron chi connectivity index (χ4n) is 4.10. The molecule has 7 nitrogen and oxygen atoms in total. The van der Waals surface area contributed by atoms with Crippen LogP contribution in [0.1, 0.15) is 35.7 Å². The minimum atomic E-state index is -3.36. The zero-order chi connectivity index (χ0) is 20.8. The predicted octanol–water partition coefficient (Wildman–Crippen LogP) is 2.78. The second-order valence-electron chi connectivity index (χ2n) is 7.61. The zero-order valence-corrected chi connectivity index (χ0v) is 17.2. The molecule has 2 aliphatic heterocycles. The SMILES string of the molecule is C[C@H]1Cc2cc(C(=O)Nc3ccc(N4CCCC4=O)cc3)ccc2N1S(C)(=O)=O. The summed E-state index contributed by atoms with van der Waals surface area (Å²) >= 11 is 0. The molecular weight excluding hydrogens is 390 g/mol. The van der Waals surface area contributed by atoms with E-state index in [4.69, 9.17) is 0 Å². The number of fused-ring (bicyclic) bond motifs is 1. The molecule has 0 unspecified atom stereocenters. The molecule has 0 saturated carbocycles. The summed E-state index contributed by atoms with van der Waals surface area (Å²) < 4.78 is 25.5.